The Morgan fingerprint density at radius 1 is 1.50 bits per heavy atom. The SMILES string of the molecule is COc1c(Br)cc(CCO)c(O)c1C. The molecule has 0 atom stereocenters. The Kier molecular flexibility index (Phi) is 3.77. The average molecular weight is 261 g/mol. The third-order valence-electron chi connectivity index (χ3n) is 2.10. The predicted octanol–water partition coefficient (Wildman–Crippen LogP) is 2.01. The van der Waals surface area contributed by atoms with E-state index in [1.54, 1.807) is 20.1 Å². The van der Waals surface area contributed by atoms with Gasteiger partial charge in [-0.15, -0.1) is 0 Å². The van der Waals surface area contributed by atoms with Crippen LogP contribution in [0.4, 0.5) is 0 Å². The van der Waals surface area contributed by atoms with Crippen LogP contribution in [0.5, 0.6) is 11.5 Å². The van der Waals surface area contributed by atoms with Crippen LogP contribution in [0.3, 0.4) is 0 Å². The number of phenols is 1. The maximum absolute atomic E-state index is 9.75. The minimum atomic E-state index is 0.0196. The van der Waals surface area contributed by atoms with Crippen molar-refractivity contribution < 1.29 is 14.9 Å². The summed E-state index contributed by atoms with van der Waals surface area (Å²) in [6, 6.07) is 1.76. The van der Waals surface area contributed by atoms with Gasteiger partial charge in [-0.2, -0.15) is 0 Å². The van der Waals surface area contributed by atoms with E-state index < -0.39 is 0 Å². The Bertz CT molecular complexity index is 337. The zero-order chi connectivity index (χ0) is 10.7. The zero-order valence-corrected chi connectivity index (χ0v) is 9.76. The molecule has 4 heteroatoms. The molecule has 0 aliphatic rings. The van der Waals surface area contributed by atoms with Crippen LogP contribution in [0.15, 0.2) is 10.5 Å². The van der Waals surface area contributed by atoms with Crippen LogP contribution in [0, 0.1) is 6.92 Å². The van der Waals surface area contributed by atoms with Crippen molar-refractivity contribution in [1.82, 2.24) is 0 Å². The van der Waals surface area contributed by atoms with E-state index in [1.165, 1.54) is 0 Å². The Morgan fingerprint density at radius 2 is 2.14 bits per heavy atom. The van der Waals surface area contributed by atoms with Crippen molar-refractivity contribution in [2.24, 2.45) is 0 Å². The summed E-state index contributed by atoms with van der Waals surface area (Å²) < 4.78 is 5.91. The van der Waals surface area contributed by atoms with Crippen molar-refractivity contribution >= 4 is 15.9 Å². The number of aromatic hydroxyl groups is 1. The van der Waals surface area contributed by atoms with Gasteiger partial charge >= 0.3 is 0 Å². The molecule has 14 heavy (non-hydrogen) atoms. The van der Waals surface area contributed by atoms with Crippen molar-refractivity contribution in [3.8, 4) is 11.5 Å². The van der Waals surface area contributed by atoms with Crippen LogP contribution in [0.1, 0.15) is 11.1 Å². The second kappa shape index (κ2) is 4.66. The molecule has 0 saturated carbocycles. The number of phenolic OH excluding ortho intramolecular Hbond substituents is 1. The number of hydrogen-bond donors (Lipinski definition) is 2. The van der Waals surface area contributed by atoms with E-state index in [0.717, 1.165) is 10.0 Å². The topological polar surface area (TPSA) is 49.7 Å². The van der Waals surface area contributed by atoms with Gasteiger partial charge in [0.1, 0.15) is 11.5 Å². The molecule has 0 saturated heterocycles. The first-order valence-electron chi connectivity index (χ1n) is 4.27. The highest BCUT2D eigenvalue weighted by atomic mass is 79.9. The van der Waals surface area contributed by atoms with Gasteiger partial charge in [0.05, 0.1) is 11.6 Å². The van der Waals surface area contributed by atoms with Gasteiger partial charge < -0.3 is 14.9 Å². The summed E-state index contributed by atoms with van der Waals surface area (Å²) in [6.45, 7) is 1.80. The molecule has 0 heterocycles. The summed E-state index contributed by atoms with van der Waals surface area (Å²) in [7, 11) is 1.55. The first-order chi connectivity index (χ1) is 6.61. The monoisotopic (exact) mass is 260 g/mol. The average Bonchev–Trinajstić information content (AvgIpc) is 2.15. The Hall–Kier alpha value is -0.740. The van der Waals surface area contributed by atoms with Gasteiger partial charge in [0, 0.05) is 12.2 Å². The van der Waals surface area contributed by atoms with E-state index in [2.05, 4.69) is 15.9 Å². The molecule has 3 nitrogen and oxygen atoms in total. The zero-order valence-electron chi connectivity index (χ0n) is 8.17. The first kappa shape index (κ1) is 11.3. The molecule has 1 aromatic rings. The molecule has 1 aromatic carbocycles. The normalized spacial score (nSPS) is 10.3. The number of benzene rings is 1. The van der Waals surface area contributed by atoms with Crippen LogP contribution < -0.4 is 4.74 Å². The van der Waals surface area contributed by atoms with Crippen molar-refractivity contribution in [3.05, 3.63) is 21.7 Å². The Morgan fingerprint density at radius 3 is 2.64 bits per heavy atom. The van der Waals surface area contributed by atoms with Gasteiger partial charge in [0.2, 0.25) is 0 Å². The van der Waals surface area contributed by atoms with Crippen LogP contribution in [-0.4, -0.2) is 23.9 Å². The Labute approximate surface area is 91.5 Å². The molecule has 0 aliphatic heterocycles. The standard InChI is InChI=1S/C10H13BrO3/c1-6-9(13)7(3-4-12)5-8(11)10(6)14-2/h5,12-13H,3-4H2,1-2H3. The highest BCUT2D eigenvalue weighted by Crippen LogP contribution is 2.37. The van der Waals surface area contributed by atoms with Crippen LogP contribution >= 0.6 is 15.9 Å². The van der Waals surface area contributed by atoms with Gasteiger partial charge in [0.25, 0.3) is 0 Å². The van der Waals surface area contributed by atoms with Gasteiger partial charge in [-0.3, -0.25) is 0 Å². The fourth-order valence-electron chi connectivity index (χ4n) is 1.38. The van der Waals surface area contributed by atoms with Gasteiger partial charge in [-0.1, -0.05) is 0 Å². The number of aliphatic hydroxyl groups excluding tert-OH is 1. The van der Waals surface area contributed by atoms with Crippen molar-refractivity contribution in [2.45, 2.75) is 13.3 Å². The lowest BCUT2D eigenvalue weighted by molar-refractivity contribution is 0.297. The maximum atomic E-state index is 9.75. The highest BCUT2D eigenvalue weighted by molar-refractivity contribution is 9.10. The predicted molar refractivity (Wildman–Crippen MR) is 57.9 cm³/mol. The van der Waals surface area contributed by atoms with Crippen LogP contribution in [0.2, 0.25) is 0 Å². The number of ether oxygens (including phenoxy) is 1. The molecular formula is C10H13BrO3. The highest BCUT2D eigenvalue weighted by Gasteiger charge is 2.13. The maximum Gasteiger partial charge on any atom is 0.139 e. The summed E-state index contributed by atoms with van der Waals surface area (Å²) in [5, 5.41) is 18.5. The van der Waals surface area contributed by atoms with E-state index in [0.29, 0.717) is 17.7 Å². The largest absolute Gasteiger partial charge is 0.507 e. The second-order valence-corrected chi connectivity index (χ2v) is 3.85. The van der Waals surface area contributed by atoms with Crippen molar-refractivity contribution in [2.75, 3.05) is 13.7 Å². The van der Waals surface area contributed by atoms with E-state index in [4.69, 9.17) is 9.84 Å². The fourth-order valence-corrected chi connectivity index (χ4v) is 2.11. The molecule has 2 N–H and O–H groups in total. The molecular weight excluding hydrogens is 248 g/mol. The summed E-state index contributed by atoms with van der Waals surface area (Å²) in [6.07, 6.45) is 0.440. The van der Waals surface area contributed by atoms with E-state index in [9.17, 15) is 5.11 Å². The van der Waals surface area contributed by atoms with Crippen molar-refractivity contribution in [1.29, 1.82) is 0 Å². The van der Waals surface area contributed by atoms with E-state index >= 15 is 0 Å². The van der Waals surface area contributed by atoms with Crippen LogP contribution in [-0.2, 0) is 6.42 Å². The smallest absolute Gasteiger partial charge is 0.139 e. The molecule has 0 spiro atoms. The third kappa shape index (κ3) is 2.01. The molecule has 0 amide bonds. The lowest BCUT2D eigenvalue weighted by atomic mass is 10.1. The van der Waals surface area contributed by atoms with Gasteiger partial charge in [-0.05, 0) is 40.9 Å². The molecule has 0 aromatic heterocycles. The number of hydrogen-bond acceptors (Lipinski definition) is 3. The molecule has 0 fully saturated rings. The lowest BCUT2D eigenvalue weighted by Gasteiger charge is -2.12. The third-order valence-corrected chi connectivity index (χ3v) is 2.69. The van der Waals surface area contributed by atoms with Gasteiger partial charge in [0.15, 0.2) is 0 Å². The summed E-state index contributed by atoms with van der Waals surface area (Å²) in [4.78, 5) is 0. The van der Waals surface area contributed by atoms with Gasteiger partial charge in [-0.25, -0.2) is 0 Å². The summed E-state index contributed by atoms with van der Waals surface area (Å²) >= 11 is 3.34. The second-order valence-electron chi connectivity index (χ2n) is 3.00. The van der Waals surface area contributed by atoms with Crippen LogP contribution in [0.25, 0.3) is 0 Å². The molecule has 0 aliphatic carbocycles. The number of aliphatic hydroxyl groups is 1. The minimum absolute atomic E-state index is 0.0196. The summed E-state index contributed by atoms with van der Waals surface area (Å²) in [5.74, 6) is 0.822. The van der Waals surface area contributed by atoms with Crippen molar-refractivity contribution in [3.63, 3.8) is 0 Å². The first-order valence-corrected chi connectivity index (χ1v) is 5.07. The molecule has 0 unspecified atom stereocenters. The summed E-state index contributed by atoms with van der Waals surface area (Å²) in [5.41, 5.74) is 1.41. The quantitative estimate of drug-likeness (QED) is 0.875. The fraction of sp³-hybridized carbons (Fsp3) is 0.400. The lowest BCUT2D eigenvalue weighted by Crippen LogP contribution is -1.96. The molecule has 1 rings (SSSR count). The number of rotatable bonds is 3. The van der Waals surface area contributed by atoms with E-state index in [-0.39, 0.29) is 12.4 Å². The molecule has 0 bridgehead atoms. The Balaban J connectivity index is 3.25. The number of halogens is 1. The molecule has 0 radical (unpaired) electrons. The molecule has 78 valence electrons. The minimum Gasteiger partial charge on any atom is -0.507 e. The number of methoxy groups -OCH3 is 1. The van der Waals surface area contributed by atoms with E-state index in [1.807, 2.05) is 0 Å².